The van der Waals surface area contributed by atoms with Gasteiger partial charge in [-0.15, -0.1) is 0 Å². The van der Waals surface area contributed by atoms with Crippen molar-refractivity contribution in [2.75, 3.05) is 27.7 Å². The highest BCUT2D eigenvalue weighted by atomic mass is 16.5. The second-order valence-corrected chi connectivity index (χ2v) is 21.4. The van der Waals surface area contributed by atoms with E-state index in [1.807, 2.05) is 6.92 Å². The molecular weight excluding hydrogens is 1110 g/mol. The molecule has 0 radical (unpaired) electrons. The molecule has 10 atom stereocenters. The van der Waals surface area contributed by atoms with E-state index in [1.54, 1.807) is 38.1 Å². The summed E-state index contributed by atoms with van der Waals surface area (Å²) in [7, 11) is 3.72. The van der Waals surface area contributed by atoms with Crippen LogP contribution in [0.3, 0.4) is 0 Å². The number of benzene rings is 1. The van der Waals surface area contributed by atoms with Gasteiger partial charge in [0.2, 0.25) is 53.2 Å². The molecule has 0 bridgehead atoms. The number of primary amides is 2. The largest absolute Gasteiger partial charge is 0.497 e. The van der Waals surface area contributed by atoms with Gasteiger partial charge < -0.3 is 83.9 Å². The van der Waals surface area contributed by atoms with Crippen molar-refractivity contribution in [1.82, 2.24) is 52.3 Å². The van der Waals surface area contributed by atoms with Gasteiger partial charge in [-0.2, -0.15) is 0 Å². The number of hydrogen-bond acceptors (Lipinski definition) is 16. The van der Waals surface area contributed by atoms with Crippen LogP contribution < -0.4 is 58.7 Å². The number of carbonyl (C=O) groups is 12. The van der Waals surface area contributed by atoms with Gasteiger partial charge in [0.05, 0.1) is 38.3 Å². The molecule has 28 heteroatoms. The summed E-state index contributed by atoms with van der Waals surface area (Å²) < 4.78 is 5.25. The summed E-state index contributed by atoms with van der Waals surface area (Å²) in [5, 5.41) is 53.3. The minimum absolute atomic E-state index is 0.102. The molecule has 0 aliphatic carbocycles. The Morgan fingerprint density at radius 3 is 1.85 bits per heavy atom. The molecule has 1 aromatic rings. The number of allylic oxidation sites excluding steroid dienone is 2. The maximum Gasteiger partial charge on any atom is 0.268 e. The second-order valence-electron chi connectivity index (χ2n) is 21.4. The van der Waals surface area contributed by atoms with Crippen LogP contribution in [0.15, 0.2) is 47.8 Å². The van der Waals surface area contributed by atoms with Crippen molar-refractivity contribution < 1.29 is 77.6 Å². The Bertz CT molecular complexity index is 2560. The number of nitrogens with two attached hydrogens (primary N) is 2. The van der Waals surface area contributed by atoms with Gasteiger partial charge >= 0.3 is 0 Å². The Morgan fingerprint density at radius 1 is 0.694 bits per heavy atom. The lowest BCUT2D eigenvalue weighted by Gasteiger charge is -2.32. The molecule has 1 aromatic carbocycles. The van der Waals surface area contributed by atoms with Crippen molar-refractivity contribution in [2.45, 2.75) is 193 Å². The van der Waals surface area contributed by atoms with E-state index < -0.39 is 175 Å². The molecule has 28 nitrogen and oxygen atoms in total. The number of aliphatic hydroxyl groups is 3. The van der Waals surface area contributed by atoms with Gasteiger partial charge in [-0.3, -0.25) is 57.5 Å². The molecular formula is C57H90N12O16. The minimum atomic E-state index is -2.14. The third kappa shape index (κ3) is 24.6. The molecule has 0 unspecified atom stereocenters. The van der Waals surface area contributed by atoms with E-state index in [-0.39, 0.29) is 25.7 Å². The summed E-state index contributed by atoms with van der Waals surface area (Å²) in [6, 6.07) is -4.14. The Morgan fingerprint density at radius 2 is 1.29 bits per heavy atom. The lowest BCUT2D eigenvalue weighted by atomic mass is 9.98. The molecule has 1 heterocycles. The van der Waals surface area contributed by atoms with Gasteiger partial charge in [-0.25, -0.2) is 0 Å². The summed E-state index contributed by atoms with van der Waals surface area (Å²) in [6.07, 6.45) is 0.0297. The van der Waals surface area contributed by atoms with E-state index in [9.17, 15) is 72.9 Å². The third-order valence-electron chi connectivity index (χ3n) is 14.1. The average Bonchev–Trinajstić information content (AvgIpc) is 3.66. The van der Waals surface area contributed by atoms with E-state index in [2.05, 4.69) is 42.5 Å². The van der Waals surface area contributed by atoms with Crippen molar-refractivity contribution in [1.29, 1.82) is 0 Å². The van der Waals surface area contributed by atoms with Crippen LogP contribution in [0.25, 0.3) is 0 Å². The highest BCUT2D eigenvalue weighted by Crippen LogP contribution is 2.18. The molecule has 0 saturated carbocycles. The number of nitrogens with zero attached hydrogens (tertiary/aromatic N) is 2. The summed E-state index contributed by atoms with van der Waals surface area (Å²) in [5.74, 6) is -12.6. The second kappa shape index (κ2) is 36.7. The maximum atomic E-state index is 14.4. The predicted octanol–water partition coefficient (Wildman–Crippen LogP) is -2.06. The van der Waals surface area contributed by atoms with E-state index in [4.69, 9.17) is 16.2 Å². The van der Waals surface area contributed by atoms with Crippen LogP contribution in [0.4, 0.5) is 0 Å². The first-order chi connectivity index (χ1) is 40.0. The Balaban J connectivity index is 2.80. The first-order valence-electron chi connectivity index (χ1n) is 28.5. The minimum Gasteiger partial charge on any atom is -0.497 e. The summed E-state index contributed by atoms with van der Waals surface area (Å²) in [6.45, 7) is 9.51. The lowest BCUT2D eigenvalue weighted by molar-refractivity contribution is -0.145. The van der Waals surface area contributed by atoms with Crippen molar-refractivity contribution >= 4 is 70.9 Å². The average molecular weight is 1200 g/mol. The van der Waals surface area contributed by atoms with E-state index in [0.717, 1.165) is 56.2 Å². The quantitative estimate of drug-likeness (QED) is 0.0493. The fourth-order valence-electron chi connectivity index (χ4n) is 8.98. The predicted molar refractivity (Wildman–Crippen MR) is 310 cm³/mol. The number of methoxy groups -OCH3 is 1. The fourth-order valence-corrected chi connectivity index (χ4v) is 8.98. The van der Waals surface area contributed by atoms with Crippen molar-refractivity contribution in [3.63, 3.8) is 0 Å². The number of aryl methyl sites for hydroxylation is 1. The smallest absolute Gasteiger partial charge is 0.268 e. The molecule has 15 N–H and O–H groups in total. The van der Waals surface area contributed by atoms with Crippen molar-refractivity contribution in [3.8, 4) is 5.75 Å². The van der Waals surface area contributed by atoms with E-state index in [1.165, 1.54) is 41.0 Å². The molecule has 0 spiro atoms. The monoisotopic (exact) mass is 1200 g/mol. The fraction of sp³-hybridized carbons (Fsp3) is 0.614. The number of nitrogens with one attached hydrogen (secondary N) is 8. The summed E-state index contributed by atoms with van der Waals surface area (Å²) in [4.78, 5) is 166. The summed E-state index contributed by atoms with van der Waals surface area (Å²) in [5.41, 5.74) is 10.7. The van der Waals surface area contributed by atoms with Gasteiger partial charge in [0.25, 0.3) is 17.7 Å². The number of likely N-dealkylation sites (N-methyl/N-ethyl adjacent to an activating group) is 2. The number of aliphatic hydroxyl groups excluding tert-OH is 3. The maximum absolute atomic E-state index is 14.4. The topological polar surface area (TPSA) is 430 Å². The number of hydrogen-bond donors (Lipinski definition) is 13. The Hall–Kier alpha value is -7.98. The van der Waals surface area contributed by atoms with Gasteiger partial charge in [-0.05, 0) is 89.8 Å². The molecule has 1 fully saturated rings. The van der Waals surface area contributed by atoms with Crippen LogP contribution in [-0.2, 0) is 64.0 Å². The van der Waals surface area contributed by atoms with Gasteiger partial charge in [0, 0.05) is 20.5 Å². The number of ether oxygens (including phenoxy) is 1. The van der Waals surface area contributed by atoms with Crippen molar-refractivity contribution in [2.24, 2.45) is 17.4 Å². The standard InChI is InChI=1S/C57H90N12O16/c1-11-14-15-16-17-20-35(71)28-41-48(75)55(82)62-38(13-3)51(78)66-46(31(4)5)54(81)63-39(21-18-19-34-22-24-36(85-10)25-23-34)52(79)67-47(33(7)70)57(84)69(9)42(29-44(59)73)53(80)61-37(12-2)50(77)64-40(26-27-43(58)72)56(83)68(8)30-45(74)60-32(6)49(76)65-41/h12-13,22-25,31-33,35,39-42,46-48,70-71,75H,11,14-21,26-30H2,1-10H3,(H2,58,72)(H2,59,73)(H,60,74)(H,61,80)(H,62,82)(H,63,81)(H,64,77)(H,65,76)(H,66,78)(H,67,79)/t32-,33+,35-,39-,40-,41+,42-,46-,47-,48+/m0/s1. The number of unbranched alkanes of at least 4 members (excludes halogenated alkanes) is 4. The molecule has 0 aromatic heterocycles. The Kier molecular flexibility index (Phi) is 31.5. The van der Waals surface area contributed by atoms with Crippen LogP contribution in [0, 0.1) is 5.92 Å². The third-order valence-corrected chi connectivity index (χ3v) is 14.1. The molecule has 1 aliphatic rings. The zero-order valence-corrected chi connectivity index (χ0v) is 50.4. The highest BCUT2D eigenvalue weighted by molar-refractivity contribution is 6.04. The highest BCUT2D eigenvalue weighted by Gasteiger charge is 2.39. The number of rotatable bonds is 20. The lowest BCUT2D eigenvalue weighted by Crippen LogP contribution is -2.61. The Labute approximate surface area is 496 Å². The number of amides is 12. The molecule has 85 heavy (non-hydrogen) atoms. The van der Waals surface area contributed by atoms with Gasteiger partial charge in [0.1, 0.15) is 53.4 Å². The number of carbonyl (C=O) groups excluding carboxylic acids is 12. The van der Waals surface area contributed by atoms with Crippen LogP contribution in [0.1, 0.15) is 131 Å². The zero-order valence-electron chi connectivity index (χ0n) is 50.4. The van der Waals surface area contributed by atoms with Gasteiger partial charge in [0.15, 0.2) is 6.10 Å². The molecule has 12 amide bonds. The molecule has 2 rings (SSSR count). The van der Waals surface area contributed by atoms with Crippen LogP contribution >= 0.6 is 0 Å². The van der Waals surface area contributed by atoms with Crippen LogP contribution in [-0.4, -0.2) is 184 Å². The van der Waals surface area contributed by atoms with E-state index in [0.29, 0.717) is 23.5 Å². The normalized spacial score (nSPS) is 24.6. The SMILES string of the molecule is CC=C1NC(=O)[C@H](O)[C@@H](C[C@@H](O)CCCCCCC)NC(=O)[C@H](C)NC(=O)CN(C)C(=O)[C@H](CCC(N)=O)NC(=O)C(=CC)NC(=O)[C@H](CC(N)=O)N(C)C(=O)[C@H]([C@@H](C)O)NC(=O)[C@H](CCCc2ccc(OC)cc2)NC(=O)[C@H](C(C)C)NC1=O. The first kappa shape index (κ1) is 73.1. The zero-order chi connectivity index (χ0) is 64.2. The molecule has 474 valence electrons. The van der Waals surface area contributed by atoms with Crippen molar-refractivity contribution in [3.05, 3.63) is 53.4 Å². The van der Waals surface area contributed by atoms with Crippen LogP contribution in [0.2, 0.25) is 0 Å². The summed E-state index contributed by atoms with van der Waals surface area (Å²) >= 11 is 0. The van der Waals surface area contributed by atoms with E-state index >= 15 is 0 Å². The molecule has 1 aliphatic heterocycles. The first-order valence-corrected chi connectivity index (χ1v) is 28.5. The van der Waals surface area contributed by atoms with Gasteiger partial charge in [-0.1, -0.05) is 77.2 Å². The van der Waals surface area contributed by atoms with Crippen LogP contribution in [0.5, 0.6) is 5.75 Å². The molecule has 1 saturated heterocycles.